The van der Waals surface area contributed by atoms with Crippen LogP contribution < -0.4 is 5.32 Å². The Morgan fingerprint density at radius 3 is 2.70 bits per heavy atom. The van der Waals surface area contributed by atoms with Gasteiger partial charge in [0.1, 0.15) is 10.7 Å². The van der Waals surface area contributed by atoms with Gasteiger partial charge in [0.25, 0.3) is 0 Å². The van der Waals surface area contributed by atoms with E-state index in [1.54, 1.807) is 12.3 Å². The number of hydrogen-bond acceptors (Lipinski definition) is 7. The molecule has 2 aromatic heterocycles. The Bertz CT molecular complexity index is 977. The number of nitriles is 1. The molecule has 30 heavy (non-hydrogen) atoms. The number of halogens is 5. The second kappa shape index (κ2) is 8.83. The number of nitrogens with zero attached hydrogens (tertiary/aromatic N) is 5. The topological polar surface area (TPSA) is 86.3 Å². The average molecular weight is 442 g/mol. The molecule has 0 bridgehead atoms. The molecule has 3 heterocycles. The lowest BCUT2D eigenvalue weighted by Gasteiger charge is -2.20. The fourth-order valence-corrected chi connectivity index (χ4v) is 3.64. The summed E-state index contributed by atoms with van der Waals surface area (Å²) in [4.78, 5) is 16.1. The van der Waals surface area contributed by atoms with Crippen LogP contribution in [0.15, 0.2) is 39.8 Å². The number of hydrogen-bond donors (Lipinski definition) is 1. The number of guanidine groups is 1. The van der Waals surface area contributed by atoms with Gasteiger partial charge < -0.3 is 5.32 Å². The minimum absolute atomic E-state index is 0.0132. The Morgan fingerprint density at radius 1 is 1.23 bits per heavy atom. The summed E-state index contributed by atoms with van der Waals surface area (Å²) >= 11 is 0.666. The van der Waals surface area contributed by atoms with Gasteiger partial charge in [-0.3, -0.25) is 9.98 Å². The number of nitrogens with one attached hydrogen (secondary N) is 1. The van der Waals surface area contributed by atoms with Crippen LogP contribution in [-0.4, -0.2) is 40.9 Å². The minimum atomic E-state index is -5.74. The van der Waals surface area contributed by atoms with Gasteiger partial charge in [0, 0.05) is 35.9 Å². The third-order valence-electron chi connectivity index (χ3n) is 4.22. The van der Waals surface area contributed by atoms with E-state index in [4.69, 9.17) is 5.26 Å². The summed E-state index contributed by atoms with van der Waals surface area (Å²) in [5.41, 5.74) is -0.194. The van der Waals surface area contributed by atoms with Crippen LogP contribution in [0.1, 0.15) is 28.7 Å². The average Bonchev–Trinajstić information content (AvgIpc) is 3.19. The van der Waals surface area contributed by atoms with Crippen LogP contribution in [0, 0.1) is 11.3 Å². The molecule has 0 amide bonds. The molecule has 0 aromatic carbocycles. The van der Waals surface area contributed by atoms with Gasteiger partial charge in [-0.1, -0.05) is 6.07 Å². The fourth-order valence-electron chi connectivity index (χ4n) is 2.68. The van der Waals surface area contributed by atoms with Crippen molar-refractivity contribution in [1.82, 2.24) is 15.3 Å². The third kappa shape index (κ3) is 4.79. The number of aliphatic imine (C=N–C) groups is 2. The van der Waals surface area contributed by atoms with Crippen LogP contribution in [0.5, 0.6) is 0 Å². The van der Waals surface area contributed by atoms with Crippen molar-refractivity contribution in [3.8, 4) is 6.07 Å². The minimum Gasteiger partial charge on any atom is -0.354 e. The van der Waals surface area contributed by atoms with Crippen molar-refractivity contribution >= 4 is 23.0 Å². The highest BCUT2D eigenvalue weighted by molar-refractivity contribution is 7.09. The molecular weight excluding hydrogens is 427 g/mol. The van der Waals surface area contributed by atoms with Crippen molar-refractivity contribution in [3.63, 3.8) is 0 Å². The highest BCUT2D eigenvalue weighted by Crippen LogP contribution is 2.44. The number of aromatic nitrogens is 2. The van der Waals surface area contributed by atoms with E-state index in [9.17, 15) is 22.0 Å². The second-order valence-electron chi connectivity index (χ2n) is 6.30. The van der Waals surface area contributed by atoms with Gasteiger partial charge in [0.15, 0.2) is 0 Å². The molecule has 1 N–H and O–H groups in total. The molecule has 1 unspecified atom stereocenters. The summed E-state index contributed by atoms with van der Waals surface area (Å²) in [5, 5.41) is 12.7. The molecule has 1 atom stereocenters. The Balaban J connectivity index is 1.71. The molecule has 0 radical (unpaired) electrons. The zero-order valence-corrected chi connectivity index (χ0v) is 16.1. The molecule has 0 fully saturated rings. The van der Waals surface area contributed by atoms with Crippen LogP contribution >= 0.6 is 11.3 Å². The first-order chi connectivity index (χ1) is 14.2. The van der Waals surface area contributed by atoms with E-state index < -0.39 is 23.7 Å². The van der Waals surface area contributed by atoms with Gasteiger partial charge >= 0.3 is 12.1 Å². The predicted molar refractivity (Wildman–Crippen MR) is 101 cm³/mol. The Kier molecular flexibility index (Phi) is 6.40. The van der Waals surface area contributed by atoms with Gasteiger partial charge in [0.05, 0.1) is 25.0 Å². The Hall–Kier alpha value is -2.94. The molecule has 2 aromatic rings. The third-order valence-corrected chi connectivity index (χ3v) is 5.18. The molecule has 3 rings (SSSR count). The molecular formula is C18H15F5N6S. The van der Waals surface area contributed by atoms with E-state index in [2.05, 4.69) is 25.3 Å². The zero-order chi connectivity index (χ0) is 21.8. The molecule has 158 valence electrons. The molecule has 1 aliphatic rings. The van der Waals surface area contributed by atoms with Gasteiger partial charge in [-0.05, 0) is 12.1 Å². The van der Waals surface area contributed by atoms with E-state index in [0.29, 0.717) is 35.4 Å². The highest BCUT2D eigenvalue weighted by atomic mass is 32.1. The first kappa shape index (κ1) is 21.8. The van der Waals surface area contributed by atoms with Crippen molar-refractivity contribution in [2.75, 3.05) is 13.1 Å². The maximum absolute atomic E-state index is 13.5. The van der Waals surface area contributed by atoms with Crippen molar-refractivity contribution < 1.29 is 22.0 Å². The van der Waals surface area contributed by atoms with E-state index in [1.807, 2.05) is 18.2 Å². The van der Waals surface area contributed by atoms with Crippen LogP contribution in [0.3, 0.4) is 0 Å². The first-order valence-corrected chi connectivity index (χ1v) is 9.63. The van der Waals surface area contributed by atoms with E-state index in [1.165, 1.54) is 0 Å². The van der Waals surface area contributed by atoms with Crippen molar-refractivity contribution in [2.24, 2.45) is 9.98 Å². The molecule has 12 heteroatoms. The summed E-state index contributed by atoms with van der Waals surface area (Å²) in [6, 6.07) is 7.45. The fraction of sp³-hybridized carbons (Fsp3) is 0.389. The number of alkyl halides is 5. The highest BCUT2D eigenvalue weighted by Gasteiger charge is 2.60. The Labute approximate surface area is 172 Å². The van der Waals surface area contributed by atoms with E-state index in [-0.39, 0.29) is 23.9 Å². The SMILES string of the molecule is N#CCC1=NC(NCCc2ccccn2)=NCC1c1nc(C(F)(F)C(F)(F)F)cs1. The number of rotatable bonds is 6. The van der Waals surface area contributed by atoms with Gasteiger partial charge in [-0.2, -0.15) is 27.2 Å². The van der Waals surface area contributed by atoms with Crippen LogP contribution in [0.25, 0.3) is 0 Å². The van der Waals surface area contributed by atoms with Crippen LogP contribution in [-0.2, 0) is 12.3 Å². The smallest absolute Gasteiger partial charge is 0.354 e. The standard InChI is InChI=1S/C18H15F5N6S/c19-17(20,18(21,22)23)14-10-30-15(29-14)12-9-27-16(28-13(12)4-6-24)26-8-5-11-3-1-2-7-25-11/h1-3,7,10,12H,4-5,8-9H2,(H,26,27). The van der Waals surface area contributed by atoms with Crippen LogP contribution in [0.4, 0.5) is 22.0 Å². The molecule has 6 nitrogen and oxygen atoms in total. The van der Waals surface area contributed by atoms with E-state index in [0.717, 1.165) is 5.69 Å². The lowest BCUT2D eigenvalue weighted by atomic mass is 10.0. The van der Waals surface area contributed by atoms with Crippen molar-refractivity contribution in [2.45, 2.75) is 30.9 Å². The summed E-state index contributed by atoms with van der Waals surface area (Å²) in [6.45, 7) is 0.514. The second-order valence-corrected chi connectivity index (χ2v) is 7.19. The molecule has 0 saturated carbocycles. The number of pyridine rings is 1. The molecule has 0 saturated heterocycles. The monoisotopic (exact) mass is 442 g/mol. The van der Waals surface area contributed by atoms with Crippen molar-refractivity contribution in [3.05, 3.63) is 46.2 Å². The van der Waals surface area contributed by atoms with Gasteiger partial charge in [-0.15, -0.1) is 11.3 Å². The molecule has 0 aliphatic carbocycles. The summed E-state index contributed by atoms with van der Waals surface area (Å²) < 4.78 is 64.8. The maximum Gasteiger partial charge on any atom is 0.459 e. The van der Waals surface area contributed by atoms with Crippen LogP contribution in [0.2, 0.25) is 0 Å². The lowest BCUT2D eigenvalue weighted by Crippen LogP contribution is -2.34. The zero-order valence-electron chi connectivity index (χ0n) is 15.3. The lowest BCUT2D eigenvalue weighted by molar-refractivity contribution is -0.290. The summed E-state index contributed by atoms with van der Waals surface area (Å²) in [6.07, 6.45) is -3.59. The first-order valence-electron chi connectivity index (χ1n) is 8.75. The van der Waals surface area contributed by atoms with Gasteiger partial charge in [-0.25, -0.2) is 9.98 Å². The summed E-state index contributed by atoms with van der Waals surface area (Å²) in [5.74, 6) is -5.51. The normalized spacial score (nSPS) is 17.1. The quantitative estimate of drug-likeness (QED) is 0.689. The molecule has 0 spiro atoms. The largest absolute Gasteiger partial charge is 0.459 e. The maximum atomic E-state index is 13.5. The Morgan fingerprint density at radius 2 is 2.03 bits per heavy atom. The van der Waals surface area contributed by atoms with E-state index >= 15 is 0 Å². The van der Waals surface area contributed by atoms with Crippen molar-refractivity contribution in [1.29, 1.82) is 5.26 Å². The summed E-state index contributed by atoms with van der Waals surface area (Å²) in [7, 11) is 0. The van der Waals surface area contributed by atoms with Gasteiger partial charge in [0.2, 0.25) is 5.96 Å². The number of thiazole rings is 1. The predicted octanol–water partition coefficient (Wildman–Crippen LogP) is 3.83. The molecule has 1 aliphatic heterocycles.